The van der Waals surface area contributed by atoms with Crippen LogP contribution in [0.5, 0.6) is 0 Å². The molecule has 8 heteroatoms. The van der Waals surface area contributed by atoms with Crippen molar-refractivity contribution in [1.29, 1.82) is 0 Å². The Hall–Kier alpha value is -3.23. The van der Waals surface area contributed by atoms with E-state index < -0.39 is 10.0 Å². The van der Waals surface area contributed by atoms with Crippen LogP contribution in [0.3, 0.4) is 0 Å². The fourth-order valence-electron chi connectivity index (χ4n) is 2.99. The lowest BCUT2D eigenvalue weighted by molar-refractivity contribution is 0.0774. The minimum absolute atomic E-state index is 0.0762. The SMILES string of the molecule is CC(=O)c1ccc(S(=O)(=O)NCc2ccc(C(=O)N(C)Cc3ccc(C)o3)cc2)cc1. The number of rotatable bonds is 8. The summed E-state index contributed by atoms with van der Waals surface area (Å²) in [5.74, 6) is 1.20. The van der Waals surface area contributed by atoms with Crippen LogP contribution in [0.25, 0.3) is 0 Å². The molecule has 1 amide bonds. The molecule has 162 valence electrons. The third-order valence-corrected chi connectivity index (χ3v) is 6.19. The summed E-state index contributed by atoms with van der Waals surface area (Å²) >= 11 is 0. The fraction of sp³-hybridized carbons (Fsp3) is 0.217. The molecule has 0 fully saturated rings. The maximum absolute atomic E-state index is 12.6. The summed E-state index contributed by atoms with van der Waals surface area (Å²) in [6.07, 6.45) is 0. The second-order valence-corrected chi connectivity index (χ2v) is 9.04. The molecular formula is C23H24N2O5S. The average molecular weight is 441 g/mol. The summed E-state index contributed by atoms with van der Waals surface area (Å²) in [4.78, 5) is 25.6. The molecule has 0 unspecified atom stereocenters. The van der Waals surface area contributed by atoms with Gasteiger partial charge in [0.15, 0.2) is 5.78 Å². The lowest BCUT2D eigenvalue weighted by Gasteiger charge is -2.16. The molecule has 0 bridgehead atoms. The number of hydrogen-bond donors (Lipinski definition) is 1. The zero-order valence-electron chi connectivity index (χ0n) is 17.6. The molecule has 0 spiro atoms. The highest BCUT2D eigenvalue weighted by molar-refractivity contribution is 7.89. The van der Waals surface area contributed by atoms with E-state index in [1.165, 1.54) is 31.2 Å². The van der Waals surface area contributed by atoms with E-state index in [1.54, 1.807) is 36.2 Å². The van der Waals surface area contributed by atoms with E-state index >= 15 is 0 Å². The molecule has 0 radical (unpaired) electrons. The molecule has 31 heavy (non-hydrogen) atoms. The maximum Gasteiger partial charge on any atom is 0.254 e. The molecule has 2 aromatic carbocycles. The predicted molar refractivity (Wildman–Crippen MR) is 116 cm³/mol. The van der Waals surface area contributed by atoms with Gasteiger partial charge in [-0.25, -0.2) is 13.1 Å². The monoisotopic (exact) mass is 440 g/mol. The first-order valence-electron chi connectivity index (χ1n) is 9.66. The van der Waals surface area contributed by atoms with Crippen molar-refractivity contribution in [2.45, 2.75) is 31.8 Å². The van der Waals surface area contributed by atoms with Crippen LogP contribution in [0, 0.1) is 6.92 Å². The molecule has 1 aromatic heterocycles. The minimum Gasteiger partial charge on any atom is -0.464 e. The quantitative estimate of drug-likeness (QED) is 0.541. The van der Waals surface area contributed by atoms with Gasteiger partial charge in [-0.05, 0) is 55.8 Å². The highest BCUT2D eigenvalue weighted by Gasteiger charge is 2.16. The van der Waals surface area contributed by atoms with Crippen LogP contribution in [0.1, 0.15) is 44.7 Å². The van der Waals surface area contributed by atoms with E-state index in [4.69, 9.17) is 4.42 Å². The summed E-state index contributed by atoms with van der Waals surface area (Å²) in [6.45, 7) is 3.70. The van der Waals surface area contributed by atoms with Crippen molar-refractivity contribution < 1.29 is 22.4 Å². The normalized spacial score (nSPS) is 11.3. The van der Waals surface area contributed by atoms with Gasteiger partial charge in [-0.3, -0.25) is 9.59 Å². The lowest BCUT2D eigenvalue weighted by atomic mass is 10.1. The molecule has 0 aliphatic carbocycles. The number of benzene rings is 2. The van der Waals surface area contributed by atoms with Crippen LogP contribution in [0.4, 0.5) is 0 Å². The smallest absolute Gasteiger partial charge is 0.254 e. The van der Waals surface area contributed by atoms with Gasteiger partial charge >= 0.3 is 0 Å². The zero-order chi connectivity index (χ0) is 22.6. The molecule has 3 rings (SSSR count). The molecule has 3 aromatic rings. The summed E-state index contributed by atoms with van der Waals surface area (Å²) in [5, 5.41) is 0. The molecule has 0 saturated carbocycles. The highest BCUT2D eigenvalue weighted by Crippen LogP contribution is 2.14. The predicted octanol–water partition coefficient (Wildman–Crippen LogP) is 3.54. The molecule has 0 atom stereocenters. The first-order valence-corrected chi connectivity index (χ1v) is 11.1. The molecule has 7 nitrogen and oxygen atoms in total. The number of nitrogens with zero attached hydrogens (tertiary/aromatic N) is 1. The third-order valence-electron chi connectivity index (χ3n) is 4.77. The summed E-state index contributed by atoms with van der Waals surface area (Å²) < 4.78 is 32.9. The average Bonchev–Trinajstić information content (AvgIpc) is 3.16. The van der Waals surface area contributed by atoms with Gasteiger partial charge in [-0.15, -0.1) is 0 Å². The van der Waals surface area contributed by atoms with Crippen LogP contribution >= 0.6 is 0 Å². The van der Waals surface area contributed by atoms with Crippen LogP contribution in [-0.2, 0) is 23.1 Å². The number of amides is 1. The fourth-order valence-corrected chi connectivity index (χ4v) is 4.01. The van der Waals surface area contributed by atoms with Gasteiger partial charge in [-0.2, -0.15) is 0 Å². The van der Waals surface area contributed by atoms with Gasteiger partial charge in [0.05, 0.1) is 11.4 Å². The van der Waals surface area contributed by atoms with Crippen LogP contribution in [-0.4, -0.2) is 32.1 Å². The second-order valence-electron chi connectivity index (χ2n) is 7.28. The third kappa shape index (κ3) is 5.68. The van der Waals surface area contributed by atoms with Crippen LogP contribution in [0.2, 0.25) is 0 Å². The molecule has 0 saturated heterocycles. The number of nitrogens with one attached hydrogen (secondary N) is 1. The van der Waals surface area contributed by atoms with E-state index in [1.807, 2.05) is 19.1 Å². The Morgan fingerprint density at radius 2 is 1.55 bits per heavy atom. The van der Waals surface area contributed by atoms with Gasteiger partial charge in [0.2, 0.25) is 10.0 Å². The van der Waals surface area contributed by atoms with E-state index in [-0.39, 0.29) is 23.1 Å². The summed E-state index contributed by atoms with van der Waals surface area (Å²) in [7, 11) is -2.03. The standard InChI is InChI=1S/C23H24N2O5S/c1-16-4-11-21(30-16)15-25(3)23(27)20-7-5-18(6-8-20)14-24-31(28,29)22-12-9-19(10-13-22)17(2)26/h4-13,24H,14-15H2,1-3H3. The van der Waals surface area contributed by atoms with Crippen molar-refractivity contribution >= 4 is 21.7 Å². The van der Waals surface area contributed by atoms with E-state index in [2.05, 4.69) is 4.72 Å². The number of hydrogen-bond acceptors (Lipinski definition) is 5. The maximum atomic E-state index is 12.6. The Kier molecular flexibility index (Phi) is 6.72. The van der Waals surface area contributed by atoms with E-state index in [9.17, 15) is 18.0 Å². The minimum atomic E-state index is -3.72. The number of aryl methyl sites for hydroxylation is 1. The first-order chi connectivity index (χ1) is 14.7. The molecule has 1 heterocycles. The van der Waals surface area contributed by atoms with Gasteiger partial charge in [0, 0.05) is 24.7 Å². The number of carbonyl (C=O) groups is 2. The van der Waals surface area contributed by atoms with Gasteiger partial charge in [-0.1, -0.05) is 24.3 Å². The zero-order valence-corrected chi connectivity index (χ0v) is 18.4. The summed E-state index contributed by atoms with van der Waals surface area (Å²) in [6, 6.07) is 16.2. The van der Waals surface area contributed by atoms with E-state index in [0.717, 1.165) is 5.76 Å². The van der Waals surface area contributed by atoms with Crippen molar-refractivity contribution in [3.63, 3.8) is 0 Å². The number of ketones is 1. The molecule has 0 aliphatic heterocycles. The Morgan fingerprint density at radius 3 is 2.10 bits per heavy atom. The molecular weight excluding hydrogens is 416 g/mol. The van der Waals surface area contributed by atoms with Crippen molar-refractivity contribution in [3.8, 4) is 0 Å². The van der Waals surface area contributed by atoms with Gasteiger partial charge in [0.25, 0.3) is 5.91 Å². The number of furan rings is 1. The Balaban J connectivity index is 1.60. The van der Waals surface area contributed by atoms with Crippen molar-refractivity contribution in [1.82, 2.24) is 9.62 Å². The van der Waals surface area contributed by atoms with Crippen LogP contribution < -0.4 is 4.72 Å². The van der Waals surface area contributed by atoms with Crippen molar-refractivity contribution in [3.05, 3.63) is 88.9 Å². The largest absolute Gasteiger partial charge is 0.464 e. The van der Waals surface area contributed by atoms with E-state index in [0.29, 0.717) is 29.0 Å². The topological polar surface area (TPSA) is 96.7 Å². The van der Waals surface area contributed by atoms with Gasteiger partial charge < -0.3 is 9.32 Å². The van der Waals surface area contributed by atoms with Gasteiger partial charge in [0.1, 0.15) is 11.5 Å². The number of carbonyl (C=O) groups excluding carboxylic acids is 2. The summed E-state index contributed by atoms with van der Waals surface area (Å²) in [5.41, 5.74) is 1.66. The van der Waals surface area contributed by atoms with Crippen LogP contribution in [0.15, 0.2) is 70.0 Å². The second kappa shape index (κ2) is 9.28. The number of Topliss-reactive ketones (excluding diaryl/α,β-unsaturated/α-hetero) is 1. The molecule has 1 N–H and O–H groups in total. The molecule has 0 aliphatic rings. The number of sulfonamides is 1. The first kappa shape index (κ1) is 22.5. The van der Waals surface area contributed by atoms with Crippen molar-refractivity contribution in [2.75, 3.05) is 7.05 Å². The highest BCUT2D eigenvalue weighted by atomic mass is 32.2. The van der Waals surface area contributed by atoms with Crippen molar-refractivity contribution in [2.24, 2.45) is 0 Å². The Labute approximate surface area is 181 Å². The Bertz CT molecular complexity index is 1180. The lowest BCUT2D eigenvalue weighted by Crippen LogP contribution is -2.26. The Morgan fingerprint density at radius 1 is 0.935 bits per heavy atom.